The summed E-state index contributed by atoms with van der Waals surface area (Å²) < 4.78 is 0. The quantitative estimate of drug-likeness (QED) is 0.885. The summed E-state index contributed by atoms with van der Waals surface area (Å²) in [5, 5.41) is 3.08. The first-order valence-corrected chi connectivity index (χ1v) is 8.89. The number of rotatable bonds is 6. The molecule has 0 unspecified atom stereocenters. The Bertz CT molecular complexity index is 619. The van der Waals surface area contributed by atoms with Crippen LogP contribution in [0.3, 0.4) is 0 Å². The van der Waals surface area contributed by atoms with Crippen LogP contribution >= 0.6 is 0 Å². The van der Waals surface area contributed by atoms with Gasteiger partial charge in [0.1, 0.15) is 0 Å². The molecular weight excluding hydrogens is 296 g/mol. The zero-order valence-corrected chi connectivity index (χ0v) is 14.2. The fourth-order valence-corrected chi connectivity index (χ4v) is 3.28. The molecule has 1 aliphatic rings. The van der Waals surface area contributed by atoms with Crippen molar-refractivity contribution in [1.29, 1.82) is 0 Å². The molecular formula is C21H26N2O. The van der Waals surface area contributed by atoms with Crippen molar-refractivity contribution in [3.8, 4) is 0 Å². The maximum absolute atomic E-state index is 12.3. The number of piperidine rings is 1. The zero-order chi connectivity index (χ0) is 16.6. The maximum Gasteiger partial charge on any atom is 0.223 e. The minimum Gasteiger partial charge on any atom is -0.352 e. The third kappa shape index (κ3) is 4.93. The third-order valence-electron chi connectivity index (χ3n) is 4.83. The van der Waals surface area contributed by atoms with E-state index in [4.69, 9.17) is 0 Å². The van der Waals surface area contributed by atoms with Crippen molar-refractivity contribution >= 4 is 5.91 Å². The zero-order valence-electron chi connectivity index (χ0n) is 14.2. The molecule has 3 rings (SSSR count). The van der Waals surface area contributed by atoms with E-state index in [1.807, 2.05) is 30.3 Å². The second-order valence-electron chi connectivity index (χ2n) is 6.55. The molecule has 2 aromatic carbocycles. The smallest absolute Gasteiger partial charge is 0.223 e. The topological polar surface area (TPSA) is 32.3 Å². The van der Waals surface area contributed by atoms with Gasteiger partial charge in [0, 0.05) is 19.0 Å². The van der Waals surface area contributed by atoms with Gasteiger partial charge in [-0.2, -0.15) is 0 Å². The Morgan fingerprint density at radius 1 is 0.917 bits per heavy atom. The van der Waals surface area contributed by atoms with E-state index in [2.05, 4.69) is 40.5 Å². The second-order valence-corrected chi connectivity index (χ2v) is 6.55. The molecule has 0 spiro atoms. The van der Waals surface area contributed by atoms with E-state index < -0.39 is 0 Å². The van der Waals surface area contributed by atoms with Gasteiger partial charge in [-0.05, 0) is 43.5 Å². The Hall–Kier alpha value is -2.13. The minimum absolute atomic E-state index is 0.168. The highest BCUT2D eigenvalue weighted by Crippen LogP contribution is 2.18. The highest BCUT2D eigenvalue weighted by molar-refractivity contribution is 5.78. The van der Waals surface area contributed by atoms with E-state index in [1.165, 1.54) is 5.56 Å². The summed E-state index contributed by atoms with van der Waals surface area (Å²) in [7, 11) is 0. The first-order valence-electron chi connectivity index (χ1n) is 8.89. The number of hydrogen-bond acceptors (Lipinski definition) is 2. The fourth-order valence-electron chi connectivity index (χ4n) is 3.28. The Morgan fingerprint density at radius 3 is 2.12 bits per heavy atom. The van der Waals surface area contributed by atoms with Crippen molar-refractivity contribution in [2.24, 2.45) is 5.92 Å². The van der Waals surface area contributed by atoms with Crippen LogP contribution in [0.15, 0.2) is 60.7 Å². The second kappa shape index (κ2) is 8.65. The lowest BCUT2D eigenvalue weighted by Gasteiger charge is -2.31. The molecule has 1 saturated heterocycles. The predicted octanol–water partition coefficient (Wildman–Crippen LogP) is 3.26. The predicted molar refractivity (Wildman–Crippen MR) is 97.6 cm³/mol. The summed E-state index contributed by atoms with van der Waals surface area (Å²) in [5.74, 6) is 0.378. The largest absolute Gasteiger partial charge is 0.352 e. The van der Waals surface area contributed by atoms with Gasteiger partial charge in [0.05, 0.1) is 0 Å². The number of amides is 1. The normalized spacial score (nSPS) is 16.0. The third-order valence-corrected chi connectivity index (χ3v) is 4.83. The number of nitrogens with one attached hydrogen (secondary N) is 1. The highest BCUT2D eigenvalue weighted by atomic mass is 16.1. The van der Waals surface area contributed by atoms with Gasteiger partial charge in [-0.3, -0.25) is 4.79 Å². The molecule has 3 nitrogen and oxygen atoms in total. The summed E-state index contributed by atoms with van der Waals surface area (Å²) in [6.45, 7) is 3.77. The van der Waals surface area contributed by atoms with Gasteiger partial charge in [-0.1, -0.05) is 60.7 Å². The van der Waals surface area contributed by atoms with Crippen LogP contribution in [-0.4, -0.2) is 30.4 Å². The van der Waals surface area contributed by atoms with E-state index >= 15 is 0 Å². The van der Waals surface area contributed by atoms with Gasteiger partial charge < -0.3 is 10.2 Å². The molecule has 0 radical (unpaired) electrons. The summed E-state index contributed by atoms with van der Waals surface area (Å²) in [4.78, 5) is 14.8. The molecule has 24 heavy (non-hydrogen) atoms. The Labute approximate surface area is 144 Å². The molecule has 1 heterocycles. The Balaban J connectivity index is 1.37. The fraction of sp³-hybridized carbons (Fsp3) is 0.381. The molecule has 0 aliphatic carbocycles. The van der Waals surface area contributed by atoms with Crippen LogP contribution < -0.4 is 5.32 Å². The van der Waals surface area contributed by atoms with Gasteiger partial charge in [0.15, 0.2) is 0 Å². The molecule has 0 aromatic heterocycles. The molecule has 1 aliphatic heterocycles. The Kier molecular flexibility index (Phi) is 6.02. The van der Waals surface area contributed by atoms with Crippen molar-refractivity contribution in [2.45, 2.75) is 25.8 Å². The minimum atomic E-state index is 0.168. The molecule has 1 fully saturated rings. The lowest BCUT2D eigenvalue weighted by molar-refractivity contribution is -0.126. The van der Waals surface area contributed by atoms with Gasteiger partial charge in [-0.15, -0.1) is 0 Å². The van der Waals surface area contributed by atoms with Gasteiger partial charge >= 0.3 is 0 Å². The van der Waals surface area contributed by atoms with Crippen molar-refractivity contribution in [1.82, 2.24) is 10.2 Å². The molecule has 126 valence electrons. The molecule has 0 bridgehead atoms. The number of carbonyl (C=O) groups is 1. The molecule has 2 aromatic rings. The van der Waals surface area contributed by atoms with Crippen LogP contribution in [-0.2, 0) is 17.8 Å². The van der Waals surface area contributed by atoms with E-state index in [9.17, 15) is 4.79 Å². The summed E-state index contributed by atoms with van der Waals surface area (Å²) in [6, 6.07) is 20.7. The lowest BCUT2D eigenvalue weighted by Crippen LogP contribution is -2.41. The SMILES string of the molecule is O=C(NCc1ccccc1)C1CCN(CCc2ccccc2)CC1. The number of likely N-dealkylation sites (tertiary alicyclic amines) is 1. The summed E-state index contributed by atoms with van der Waals surface area (Å²) in [6.07, 6.45) is 3.02. The molecule has 3 heteroatoms. The standard InChI is InChI=1S/C21H26N2O/c24-21(22-17-19-9-5-2-6-10-19)20-12-15-23(16-13-20)14-11-18-7-3-1-4-8-18/h1-10,20H,11-17H2,(H,22,24). The maximum atomic E-state index is 12.3. The lowest BCUT2D eigenvalue weighted by atomic mass is 9.95. The number of carbonyl (C=O) groups excluding carboxylic acids is 1. The van der Waals surface area contributed by atoms with Gasteiger partial charge in [-0.25, -0.2) is 0 Å². The van der Waals surface area contributed by atoms with Crippen molar-refractivity contribution in [3.63, 3.8) is 0 Å². The van der Waals surface area contributed by atoms with Crippen molar-refractivity contribution < 1.29 is 4.79 Å². The number of nitrogens with zero attached hydrogens (tertiary/aromatic N) is 1. The average molecular weight is 322 g/mol. The van der Waals surface area contributed by atoms with E-state index in [-0.39, 0.29) is 11.8 Å². The monoisotopic (exact) mass is 322 g/mol. The highest BCUT2D eigenvalue weighted by Gasteiger charge is 2.24. The van der Waals surface area contributed by atoms with Crippen LogP contribution in [0, 0.1) is 5.92 Å². The van der Waals surface area contributed by atoms with Gasteiger partial charge in [0.25, 0.3) is 0 Å². The average Bonchev–Trinajstić information content (AvgIpc) is 2.66. The molecule has 0 atom stereocenters. The summed E-state index contributed by atoms with van der Waals surface area (Å²) in [5.41, 5.74) is 2.55. The number of benzene rings is 2. The van der Waals surface area contributed by atoms with Crippen LogP contribution in [0.1, 0.15) is 24.0 Å². The van der Waals surface area contributed by atoms with Crippen molar-refractivity contribution in [3.05, 3.63) is 71.8 Å². The van der Waals surface area contributed by atoms with E-state index in [0.717, 1.165) is 44.5 Å². The van der Waals surface area contributed by atoms with Crippen LogP contribution in [0.2, 0.25) is 0 Å². The van der Waals surface area contributed by atoms with E-state index in [0.29, 0.717) is 6.54 Å². The van der Waals surface area contributed by atoms with Crippen LogP contribution in [0.5, 0.6) is 0 Å². The first kappa shape index (κ1) is 16.7. The number of hydrogen-bond donors (Lipinski definition) is 1. The van der Waals surface area contributed by atoms with Crippen LogP contribution in [0.25, 0.3) is 0 Å². The first-order chi connectivity index (χ1) is 11.8. The molecule has 1 N–H and O–H groups in total. The van der Waals surface area contributed by atoms with Gasteiger partial charge in [0.2, 0.25) is 5.91 Å². The molecule has 0 saturated carbocycles. The van der Waals surface area contributed by atoms with Crippen molar-refractivity contribution in [2.75, 3.05) is 19.6 Å². The summed E-state index contributed by atoms with van der Waals surface area (Å²) >= 11 is 0. The van der Waals surface area contributed by atoms with Crippen LogP contribution in [0.4, 0.5) is 0 Å². The molecule has 1 amide bonds. The Morgan fingerprint density at radius 2 is 1.50 bits per heavy atom. The van der Waals surface area contributed by atoms with E-state index in [1.54, 1.807) is 0 Å².